The van der Waals surface area contributed by atoms with Gasteiger partial charge in [-0.15, -0.1) is 0 Å². The topological polar surface area (TPSA) is 63.9 Å². The summed E-state index contributed by atoms with van der Waals surface area (Å²) in [5.74, 6) is 0.748. The molecule has 7 heteroatoms. The van der Waals surface area contributed by atoms with E-state index in [1.54, 1.807) is 7.11 Å². The highest BCUT2D eigenvalue weighted by Crippen LogP contribution is 2.22. The van der Waals surface area contributed by atoms with Crippen molar-refractivity contribution in [3.05, 3.63) is 23.8 Å². The van der Waals surface area contributed by atoms with Crippen LogP contribution >= 0.6 is 0 Å². The molecule has 2 fully saturated rings. The molecule has 2 aliphatic rings. The van der Waals surface area contributed by atoms with E-state index >= 15 is 0 Å². The second kappa shape index (κ2) is 9.78. The molecule has 3 heterocycles. The maximum Gasteiger partial charge on any atom is 0.135 e. The van der Waals surface area contributed by atoms with Crippen LogP contribution in [0.25, 0.3) is 11.0 Å². The van der Waals surface area contributed by atoms with Crippen LogP contribution in [-0.2, 0) is 16.0 Å². The summed E-state index contributed by atoms with van der Waals surface area (Å²) in [6.07, 6.45) is 5.26. The van der Waals surface area contributed by atoms with E-state index in [9.17, 15) is 0 Å². The van der Waals surface area contributed by atoms with Gasteiger partial charge in [-0.25, -0.2) is 4.63 Å². The van der Waals surface area contributed by atoms with E-state index in [1.165, 1.54) is 44.3 Å². The lowest BCUT2D eigenvalue weighted by Gasteiger charge is -2.35. The van der Waals surface area contributed by atoms with Gasteiger partial charge in [0.05, 0.1) is 12.7 Å². The van der Waals surface area contributed by atoms with Crippen molar-refractivity contribution in [2.45, 2.75) is 38.3 Å². The molecule has 0 radical (unpaired) electrons. The van der Waals surface area contributed by atoms with Crippen molar-refractivity contribution in [2.75, 3.05) is 53.0 Å². The average Bonchev–Trinajstić information content (AvgIpc) is 3.39. The quantitative estimate of drug-likeness (QED) is 0.654. The number of rotatable bonds is 9. The Morgan fingerprint density at radius 1 is 1.14 bits per heavy atom. The molecule has 0 aliphatic carbocycles. The number of aromatic nitrogens is 2. The summed E-state index contributed by atoms with van der Waals surface area (Å²) >= 11 is 0. The van der Waals surface area contributed by atoms with Crippen LogP contribution in [0.1, 0.15) is 31.2 Å². The molecule has 0 saturated carbocycles. The Labute approximate surface area is 166 Å². The Bertz CT molecular complexity index is 723. The fraction of sp³-hybridized carbons (Fsp3) is 0.714. The molecule has 4 rings (SSSR count). The summed E-state index contributed by atoms with van der Waals surface area (Å²) in [4.78, 5) is 5.11. The van der Waals surface area contributed by atoms with Gasteiger partial charge >= 0.3 is 0 Å². The fourth-order valence-electron chi connectivity index (χ4n) is 4.44. The van der Waals surface area contributed by atoms with Gasteiger partial charge in [-0.05, 0) is 72.7 Å². The summed E-state index contributed by atoms with van der Waals surface area (Å²) < 4.78 is 16.0. The van der Waals surface area contributed by atoms with Crippen molar-refractivity contribution < 1.29 is 14.1 Å². The van der Waals surface area contributed by atoms with Crippen LogP contribution in [0.4, 0.5) is 0 Å². The van der Waals surface area contributed by atoms with Gasteiger partial charge in [-0.3, -0.25) is 4.90 Å². The number of hydrogen-bond acceptors (Lipinski definition) is 7. The molecular weight excluding hydrogens is 356 g/mol. The first-order chi connectivity index (χ1) is 13.8. The van der Waals surface area contributed by atoms with Crippen molar-refractivity contribution in [1.82, 2.24) is 20.1 Å². The lowest BCUT2D eigenvalue weighted by molar-refractivity contribution is 0.0552. The minimum absolute atomic E-state index is 0.374. The van der Waals surface area contributed by atoms with E-state index in [0.717, 1.165) is 56.3 Å². The van der Waals surface area contributed by atoms with Crippen molar-refractivity contribution >= 4 is 11.0 Å². The highest BCUT2D eigenvalue weighted by molar-refractivity contribution is 5.73. The van der Waals surface area contributed by atoms with Gasteiger partial charge in [-0.2, -0.15) is 0 Å². The number of nitrogens with zero attached hydrogens (tertiary/aromatic N) is 4. The molecular formula is C21H32N4O3. The number of methoxy groups -OCH3 is 1. The summed E-state index contributed by atoms with van der Waals surface area (Å²) in [7, 11) is 1.78. The van der Waals surface area contributed by atoms with Crippen LogP contribution in [0.3, 0.4) is 0 Å². The van der Waals surface area contributed by atoms with Gasteiger partial charge < -0.3 is 14.4 Å². The average molecular weight is 389 g/mol. The highest BCUT2D eigenvalue weighted by Gasteiger charge is 2.24. The molecule has 0 N–H and O–H groups in total. The molecule has 0 bridgehead atoms. The molecule has 0 unspecified atom stereocenters. The second-order valence-corrected chi connectivity index (χ2v) is 8.19. The normalized spacial score (nSPS) is 21.9. The Balaban J connectivity index is 1.36. The third kappa shape index (κ3) is 5.29. The number of fused-ring (bicyclic) bond motifs is 1. The maximum atomic E-state index is 5.93. The standard InChI is InChI=1S/C21H32N4O3/c1-26-12-10-24-8-6-17(7-9-24)14-25(16-19-3-2-11-27-19)15-18-4-5-20-21(13-18)23-28-22-20/h4-5,13,17,19H,2-3,6-12,14-16H2,1H3/t19-/m0/s1. The molecule has 2 aromatic rings. The van der Waals surface area contributed by atoms with E-state index in [2.05, 4.69) is 32.2 Å². The summed E-state index contributed by atoms with van der Waals surface area (Å²) in [5.41, 5.74) is 2.91. The van der Waals surface area contributed by atoms with Crippen molar-refractivity contribution in [3.8, 4) is 0 Å². The van der Waals surface area contributed by atoms with Gasteiger partial charge in [0.1, 0.15) is 11.0 Å². The summed E-state index contributed by atoms with van der Waals surface area (Å²) in [6, 6.07) is 6.24. The SMILES string of the molecule is COCCN1CCC(CN(Cc2ccc3nonc3c2)C[C@@H]2CCCO2)CC1. The molecule has 2 aliphatic heterocycles. The zero-order valence-electron chi connectivity index (χ0n) is 16.9. The number of ether oxygens (including phenoxy) is 2. The molecule has 28 heavy (non-hydrogen) atoms. The minimum Gasteiger partial charge on any atom is -0.383 e. The zero-order valence-corrected chi connectivity index (χ0v) is 16.9. The van der Waals surface area contributed by atoms with Gasteiger partial charge in [0, 0.05) is 39.9 Å². The van der Waals surface area contributed by atoms with E-state index in [0.29, 0.717) is 6.10 Å². The number of hydrogen-bond donors (Lipinski definition) is 0. The predicted octanol–water partition coefficient (Wildman–Crippen LogP) is 2.56. The largest absolute Gasteiger partial charge is 0.383 e. The van der Waals surface area contributed by atoms with E-state index in [4.69, 9.17) is 14.1 Å². The smallest absolute Gasteiger partial charge is 0.135 e. The first-order valence-corrected chi connectivity index (χ1v) is 10.6. The van der Waals surface area contributed by atoms with E-state index in [1.807, 2.05) is 6.07 Å². The summed E-state index contributed by atoms with van der Waals surface area (Å²) in [6.45, 7) is 8.21. The van der Waals surface area contributed by atoms with Crippen LogP contribution in [0.5, 0.6) is 0 Å². The second-order valence-electron chi connectivity index (χ2n) is 8.19. The lowest BCUT2D eigenvalue weighted by atomic mass is 9.95. The Morgan fingerprint density at radius 2 is 2.00 bits per heavy atom. The van der Waals surface area contributed by atoms with E-state index < -0.39 is 0 Å². The predicted molar refractivity (Wildman–Crippen MR) is 107 cm³/mol. The fourth-order valence-corrected chi connectivity index (χ4v) is 4.44. The van der Waals surface area contributed by atoms with Crippen LogP contribution < -0.4 is 0 Å². The molecule has 1 aromatic heterocycles. The van der Waals surface area contributed by atoms with Crippen LogP contribution in [0.15, 0.2) is 22.8 Å². The maximum absolute atomic E-state index is 5.93. The van der Waals surface area contributed by atoms with Crippen molar-refractivity contribution in [1.29, 1.82) is 0 Å². The van der Waals surface area contributed by atoms with Crippen molar-refractivity contribution in [2.24, 2.45) is 5.92 Å². The molecule has 1 atom stereocenters. The zero-order chi connectivity index (χ0) is 19.2. The first-order valence-electron chi connectivity index (χ1n) is 10.6. The Kier molecular flexibility index (Phi) is 6.90. The Morgan fingerprint density at radius 3 is 2.79 bits per heavy atom. The Hall–Kier alpha value is -1.54. The van der Waals surface area contributed by atoms with Crippen LogP contribution in [0.2, 0.25) is 0 Å². The number of benzene rings is 1. The highest BCUT2D eigenvalue weighted by atomic mass is 16.6. The third-order valence-electron chi connectivity index (χ3n) is 6.05. The molecule has 1 aromatic carbocycles. The molecule has 7 nitrogen and oxygen atoms in total. The monoisotopic (exact) mass is 388 g/mol. The minimum atomic E-state index is 0.374. The molecule has 0 spiro atoms. The molecule has 154 valence electrons. The van der Waals surface area contributed by atoms with Crippen LogP contribution in [0, 0.1) is 5.92 Å². The van der Waals surface area contributed by atoms with Gasteiger partial charge in [0.15, 0.2) is 0 Å². The van der Waals surface area contributed by atoms with E-state index in [-0.39, 0.29) is 0 Å². The third-order valence-corrected chi connectivity index (χ3v) is 6.05. The molecule has 0 amide bonds. The lowest BCUT2D eigenvalue weighted by Crippen LogP contribution is -2.41. The number of likely N-dealkylation sites (tertiary alicyclic amines) is 1. The van der Waals surface area contributed by atoms with Crippen LogP contribution in [-0.4, -0.2) is 79.3 Å². The van der Waals surface area contributed by atoms with Crippen molar-refractivity contribution in [3.63, 3.8) is 0 Å². The van der Waals surface area contributed by atoms with Gasteiger partial charge in [0.2, 0.25) is 0 Å². The number of piperidine rings is 1. The van der Waals surface area contributed by atoms with Gasteiger partial charge in [-0.1, -0.05) is 6.07 Å². The summed E-state index contributed by atoms with van der Waals surface area (Å²) in [5, 5.41) is 7.90. The van der Waals surface area contributed by atoms with Gasteiger partial charge in [0.25, 0.3) is 0 Å². The first kappa shape index (κ1) is 19.8. The molecule has 2 saturated heterocycles.